The Hall–Kier alpha value is -0.610. The third-order valence-corrected chi connectivity index (χ3v) is 3.40. The van der Waals surface area contributed by atoms with Crippen LogP contribution in [0.2, 0.25) is 0 Å². The number of aliphatic hydroxyl groups is 1. The standard InChI is InChI=1S/C11H20N2O2/c14-10-2-1-7-13(8-10)11(15)9-3-5-12-6-4-9/h9-10,12,14H,1-8H2/t10-/m0/s1. The molecule has 15 heavy (non-hydrogen) atoms. The Bertz CT molecular complexity index is 227. The number of piperidine rings is 2. The van der Waals surface area contributed by atoms with Gasteiger partial charge in [-0.2, -0.15) is 0 Å². The SMILES string of the molecule is O=C(C1CCNCC1)N1CCC[C@H](O)C1. The summed E-state index contributed by atoms with van der Waals surface area (Å²) in [5.74, 6) is 0.451. The summed E-state index contributed by atoms with van der Waals surface area (Å²) >= 11 is 0. The summed E-state index contributed by atoms with van der Waals surface area (Å²) in [4.78, 5) is 13.9. The van der Waals surface area contributed by atoms with Crippen LogP contribution in [0, 0.1) is 5.92 Å². The second kappa shape index (κ2) is 4.94. The third kappa shape index (κ3) is 2.69. The molecule has 2 N–H and O–H groups in total. The topological polar surface area (TPSA) is 52.6 Å². The number of nitrogens with one attached hydrogen (secondary N) is 1. The molecular formula is C11H20N2O2. The third-order valence-electron chi connectivity index (χ3n) is 3.40. The molecule has 0 aromatic carbocycles. The molecule has 86 valence electrons. The summed E-state index contributed by atoms with van der Waals surface area (Å²) in [6.45, 7) is 3.28. The zero-order valence-corrected chi connectivity index (χ0v) is 9.11. The first-order valence-corrected chi connectivity index (χ1v) is 5.95. The lowest BCUT2D eigenvalue weighted by Crippen LogP contribution is -2.46. The number of amides is 1. The van der Waals surface area contributed by atoms with Crippen LogP contribution in [0.4, 0.5) is 0 Å². The first-order valence-electron chi connectivity index (χ1n) is 5.95. The zero-order chi connectivity index (χ0) is 10.7. The van der Waals surface area contributed by atoms with Crippen LogP contribution in [-0.2, 0) is 4.79 Å². The number of carbonyl (C=O) groups is 1. The molecule has 0 bridgehead atoms. The number of likely N-dealkylation sites (tertiary alicyclic amines) is 1. The van der Waals surface area contributed by atoms with Crippen molar-refractivity contribution in [1.82, 2.24) is 10.2 Å². The van der Waals surface area contributed by atoms with E-state index in [-0.39, 0.29) is 17.9 Å². The van der Waals surface area contributed by atoms with Crippen LogP contribution in [-0.4, -0.2) is 48.2 Å². The van der Waals surface area contributed by atoms with E-state index in [4.69, 9.17) is 0 Å². The van der Waals surface area contributed by atoms with Crippen molar-refractivity contribution in [2.75, 3.05) is 26.2 Å². The van der Waals surface area contributed by atoms with Crippen LogP contribution in [0.3, 0.4) is 0 Å². The molecule has 0 aromatic heterocycles. The van der Waals surface area contributed by atoms with E-state index in [2.05, 4.69) is 5.32 Å². The Morgan fingerprint density at radius 3 is 2.67 bits per heavy atom. The fourth-order valence-electron chi connectivity index (χ4n) is 2.48. The smallest absolute Gasteiger partial charge is 0.225 e. The maximum atomic E-state index is 12.1. The highest BCUT2D eigenvalue weighted by atomic mass is 16.3. The molecule has 0 aromatic rings. The number of hydrogen-bond acceptors (Lipinski definition) is 3. The van der Waals surface area contributed by atoms with Crippen LogP contribution in [0.25, 0.3) is 0 Å². The van der Waals surface area contributed by atoms with E-state index in [0.29, 0.717) is 6.54 Å². The number of rotatable bonds is 1. The summed E-state index contributed by atoms with van der Waals surface area (Å²) in [6.07, 6.45) is 3.38. The van der Waals surface area contributed by atoms with E-state index in [9.17, 15) is 9.90 Å². The maximum absolute atomic E-state index is 12.1. The van der Waals surface area contributed by atoms with Gasteiger partial charge in [0, 0.05) is 19.0 Å². The lowest BCUT2D eigenvalue weighted by Gasteiger charge is -2.34. The van der Waals surface area contributed by atoms with E-state index in [1.165, 1.54) is 0 Å². The van der Waals surface area contributed by atoms with Crippen LogP contribution in [0.15, 0.2) is 0 Å². The number of carbonyl (C=O) groups excluding carboxylic acids is 1. The fourth-order valence-corrected chi connectivity index (χ4v) is 2.48. The van der Waals surface area contributed by atoms with E-state index in [0.717, 1.165) is 45.3 Å². The summed E-state index contributed by atoms with van der Waals surface area (Å²) < 4.78 is 0. The van der Waals surface area contributed by atoms with Crippen molar-refractivity contribution >= 4 is 5.91 Å². The van der Waals surface area contributed by atoms with Gasteiger partial charge in [0.25, 0.3) is 0 Å². The molecule has 0 aliphatic carbocycles. The predicted molar refractivity (Wildman–Crippen MR) is 57.4 cm³/mol. The normalized spacial score (nSPS) is 29.1. The summed E-state index contributed by atoms with van der Waals surface area (Å²) in [5.41, 5.74) is 0. The Morgan fingerprint density at radius 1 is 1.27 bits per heavy atom. The van der Waals surface area contributed by atoms with Gasteiger partial charge in [-0.3, -0.25) is 4.79 Å². The van der Waals surface area contributed by atoms with Crippen molar-refractivity contribution in [1.29, 1.82) is 0 Å². The summed E-state index contributed by atoms with van der Waals surface area (Å²) in [7, 11) is 0. The van der Waals surface area contributed by atoms with E-state index in [1.54, 1.807) is 0 Å². The molecule has 2 aliphatic rings. The van der Waals surface area contributed by atoms with Gasteiger partial charge in [0.05, 0.1) is 6.10 Å². The first kappa shape index (κ1) is 10.9. The van der Waals surface area contributed by atoms with Crippen LogP contribution >= 0.6 is 0 Å². The lowest BCUT2D eigenvalue weighted by atomic mass is 9.95. The molecule has 0 radical (unpaired) electrons. The molecule has 1 amide bonds. The second-order valence-corrected chi connectivity index (χ2v) is 4.60. The molecule has 0 spiro atoms. The average Bonchev–Trinajstić information content (AvgIpc) is 2.29. The molecule has 4 heteroatoms. The van der Waals surface area contributed by atoms with Gasteiger partial charge < -0.3 is 15.3 Å². The lowest BCUT2D eigenvalue weighted by molar-refractivity contribution is -0.139. The van der Waals surface area contributed by atoms with Crippen molar-refractivity contribution in [3.8, 4) is 0 Å². The zero-order valence-electron chi connectivity index (χ0n) is 9.11. The highest BCUT2D eigenvalue weighted by Gasteiger charge is 2.28. The molecule has 2 rings (SSSR count). The Balaban J connectivity index is 1.88. The Morgan fingerprint density at radius 2 is 2.00 bits per heavy atom. The average molecular weight is 212 g/mol. The van der Waals surface area contributed by atoms with E-state index < -0.39 is 0 Å². The van der Waals surface area contributed by atoms with Crippen molar-refractivity contribution in [3.63, 3.8) is 0 Å². The molecule has 4 nitrogen and oxygen atoms in total. The van der Waals surface area contributed by atoms with Crippen LogP contribution in [0.5, 0.6) is 0 Å². The van der Waals surface area contributed by atoms with Gasteiger partial charge >= 0.3 is 0 Å². The quantitative estimate of drug-likeness (QED) is 0.642. The minimum absolute atomic E-state index is 0.191. The summed E-state index contributed by atoms with van der Waals surface area (Å²) in [6, 6.07) is 0. The molecule has 2 aliphatic heterocycles. The second-order valence-electron chi connectivity index (χ2n) is 4.60. The molecule has 0 unspecified atom stereocenters. The number of β-amino-alcohol motifs (C(OH)–C–C–N with tert-alkyl or cyclic N) is 1. The number of nitrogens with zero attached hydrogens (tertiary/aromatic N) is 1. The van der Waals surface area contributed by atoms with E-state index >= 15 is 0 Å². The largest absolute Gasteiger partial charge is 0.391 e. The molecule has 2 saturated heterocycles. The van der Waals surface area contributed by atoms with Crippen molar-refractivity contribution in [3.05, 3.63) is 0 Å². The maximum Gasteiger partial charge on any atom is 0.225 e. The minimum Gasteiger partial charge on any atom is -0.391 e. The van der Waals surface area contributed by atoms with Gasteiger partial charge in [0.2, 0.25) is 5.91 Å². The molecular weight excluding hydrogens is 192 g/mol. The molecule has 1 atom stereocenters. The van der Waals surface area contributed by atoms with E-state index in [1.807, 2.05) is 4.90 Å². The fraction of sp³-hybridized carbons (Fsp3) is 0.909. The molecule has 2 heterocycles. The highest BCUT2D eigenvalue weighted by Crippen LogP contribution is 2.18. The number of aliphatic hydroxyl groups excluding tert-OH is 1. The van der Waals surface area contributed by atoms with Gasteiger partial charge in [-0.25, -0.2) is 0 Å². The van der Waals surface area contributed by atoms with Gasteiger partial charge in [0.15, 0.2) is 0 Å². The Labute approximate surface area is 90.6 Å². The van der Waals surface area contributed by atoms with Gasteiger partial charge in [-0.1, -0.05) is 0 Å². The van der Waals surface area contributed by atoms with Gasteiger partial charge in [-0.05, 0) is 38.8 Å². The monoisotopic (exact) mass is 212 g/mol. The minimum atomic E-state index is -0.301. The number of hydrogen-bond donors (Lipinski definition) is 2. The molecule has 0 saturated carbocycles. The van der Waals surface area contributed by atoms with Gasteiger partial charge in [-0.15, -0.1) is 0 Å². The first-order chi connectivity index (χ1) is 7.27. The van der Waals surface area contributed by atoms with Crippen molar-refractivity contribution < 1.29 is 9.90 Å². The van der Waals surface area contributed by atoms with Crippen molar-refractivity contribution in [2.24, 2.45) is 5.92 Å². The van der Waals surface area contributed by atoms with Crippen LogP contribution in [0.1, 0.15) is 25.7 Å². The van der Waals surface area contributed by atoms with Gasteiger partial charge in [0.1, 0.15) is 0 Å². The summed E-state index contributed by atoms with van der Waals surface area (Å²) in [5, 5.41) is 12.8. The van der Waals surface area contributed by atoms with Crippen molar-refractivity contribution in [2.45, 2.75) is 31.8 Å². The Kier molecular flexibility index (Phi) is 3.59. The highest BCUT2D eigenvalue weighted by molar-refractivity contribution is 5.79. The molecule has 2 fully saturated rings. The van der Waals surface area contributed by atoms with Crippen LogP contribution < -0.4 is 5.32 Å². The predicted octanol–water partition coefficient (Wildman–Crippen LogP) is -0.0307.